The molecule has 0 saturated heterocycles. The number of aromatic nitrogens is 4. The average molecular weight is 537 g/mol. The molecule has 0 fully saturated rings. The molecule has 0 saturated carbocycles. The van der Waals surface area contributed by atoms with Gasteiger partial charge >= 0.3 is 0 Å². The van der Waals surface area contributed by atoms with E-state index in [1.165, 1.54) is 11.1 Å². The van der Waals surface area contributed by atoms with Crippen molar-refractivity contribution in [1.82, 2.24) is 19.8 Å². The third-order valence-electron chi connectivity index (χ3n) is 6.15. The number of nitrogens with zero attached hydrogens (tertiary/aromatic N) is 4. The van der Waals surface area contributed by atoms with E-state index in [0.29, 0.717) is 28.1 Å². The molecule has 8 heteroatoms. The highest BCUT2D eigenvalue weighted by molar-refractivity contribution is 7.16. The van der Waals surface area contributed by atoms with Gasteiger partial charge in [-0.2, -0.15) is 9.61 Å². The highest BCUT2D eigenvalue weighted by Gasteiger charge is 2.20. The first-order valence-corrected chi connectivity index (χ1v) is 13.5. The van der Waals surface area contributed by atoms with Crippen LogP contribution in [0.15, 0.2) is 66.7 Å². The zero-order valence-electron chi connectivity index (χ0n) is 20.4. The molecule has 1 N–H and O–H groups in total. The fraction of sp³-hybridized carbons (Fsp3) is 0.250. The number of benzene rings is 3. The molecule has 184 valence electrons. The maximum Gasteiger partial charge on any atom is 0.234 e. The fourth-order valence-electron chi connectivity index (χ4n) is 4.29. The summed E-state index contributed by atoms with van der Waals surface area (Å²) in [5, 5.41) is 19.3. The summed E-state index contributed by atoms with van der Waals surface area (Å²) in [5.41, 5.74) is 5.29. The van der Waals surface area contributed by atoms with Gasteiger partial charge in [0, 0.05) is 18.0 Å². The molecule has 1 atom stereocenters. The number of anilines is 2. The highest BCUT2D eigenvalue weighted by atomic mass is 35.5. The van der Waals surface area contributed by atoms with Gasteiger partial charge in [0.15, 0.2) is 5.82 Å². The van der Waals surface area contributed by atoms with E-state index in [2.05, 4.69) is 66.6 Å². The van der Waals surface area contributed by atoms with E-state index < -0.39 is 0 Å². The number of hydrogen-bond acceptors (Lipinski definition) is 5. The predicted molar refractivity (Wildman–Crippen MR) is 150 cm³/mol. The fourth-order valence-corrected chi connectivity index (χ4v) is 5.64. The second-order valence-corrected chi connectivity index (χ2v) is 11.2. The summed E-state index contributed by atoms with van der Waals surface area (Å²) in [5.74, 6) is 1.57. The predicted octanol–water partition coefficient (Wildman–Crippen LogP) is 8.18. The topological polar surface area (TPSA) is 55.1 Å². The molecule has 3 aromatic carbocycles. The minimum atomic E-state index is 0.0827. The first kappa shape index (κ1) is 24.8. The molecule has 5 rings (SSSR count). The summed E-state index contributed by atoms with van der Waals surface area (Å²) in [6.07, 6.45) is 1.73. The average Bonchev–Trinajstić information content (AvgIpc) is 3.42. The molecule has 2 heterocycles. The maximum absolute atomic E-state index is 6.38. The van der Waals surface area contributed by atoms with E-state index in [1.807, 2.05) is 40.9 Å². The highest BCUT2D eigenvalue weighted by Crippen LogP contribution is 2.34. The summed E-state index contributed by atoms with van der Waals surface area (Å²) in [7, 11) is 0. The molecular weight excluding hydrogens is 509 g/mol. The van der Waals surface area contributed by atoms with Gasteiger partial charge in [-0.05, 0) is 47.2 Å². The summed E-state index contributed by atoms with van der Waals surface area (Å²) in [4.78, 5) is 0.794. The van der Waals surface area contributed by atoms with E-state index in [1.54, 1.807) is 11.3 Å². The molecule has 1 unspecified atom stereocenters. The Bertz CT molecular complexity index is 1470. The Hall–Kier alpha value is -2.93. The van der Waals surface area contributed by atoms with Crippen LogP contribution < -0.4 is 5.32 Å². The Morgan fingerprint density at radius 3 is 2.33 bits per heavy atom. The van der Waals surface area contributed by atoms with Crippen molar-refractivity contribution in [1.29, 1.82) is 0 Å². The normalized spacial score (nSPS) is 12.4. The minimum absolute atomic E-state index is 0.0827. The first-order valence-electron chi connectivity index (χ1n) is 12.0. The summed E-state index contributed by atoms with van der Waals surface area (Å²) >= 11 is 14.3. The van der Waals surface area contributed by atoms with Crippen molar-refractivity contribution < 1.29 is 0 Å². The number of fused-ring (bicyclic) bond motifs is 1. The quantitative estimate of drug-likeness (QED) is 0.217. The van der Waals surface area contributed by atoms with Gasteiger partial charge in [0.1, 0.15) is 5.01 Å². The monoisotopic (exact) mass is 535 g/mol. The van der Waals surface area contributed by atoms with Crippen LogP contribution in [0, 0.1) is 5.92 Å². The molecule has 5 nitrogen and oxygen atoms in total. The second-order valence-electron chi connectivity index (χ2n) is 9.37. The van der Waals surface area contributed by atoms with Gasteiger partial charge in [0.2, 0.25) is 4.96 Å². The van der Waals surface area contributed by atoms with Crippen LogP contribution in [0.4, 0.5) is 11.4 Å². The van der Waals surface area contributed by atoms with Gasteiger partial charge in [-0.25, -0.2) is 0 Å². The Kier molecular flexibility index (Phi) is 7.28. The minimum Gasteiger partial charge on any atom is -0.353 e. The van der Waals surface area contributed by atoms with Crippen LogP contribution in [0.2, 0.25) is 10.0 Å². The molecule has 2 aromatic heterocycles. The van der Waals surface area contributed by atoms with Gasteiger partial charge in [-0.15, -0.1) is 10.2 Å². The van der Waals surface area contributed by atoms with Crippen molar-refractivity contribution in [2.75, 3.05) is 5.32 Å². The number of rotatable bonds is 8. The number of halogens is 2. The van der Waals surface area contributed by atoms with Crippen molar-refractivity contribution >= 4 is 50.9 Å². The van der Waals surface area contributed by atoms with Gasteiger partial charge in [-0.1, -0.05) is 104 Å². The van der Waals surface area contributed by atoms with E-state index in [9.17, 15) is 0 Å². The Morgan fingerprint density at radius 1 is 0.889 bits per heavy atom. The van der Waals surface area contributed by atoms with Crippen LogP contribution >= 0.6 is 34.5 Å². The third kappa shape index (κ3) is 5.26. The maximum atomic E-state index is 6.38. The van der Waals surface area contributed by atoms with Crippen LogP contribution in [0.5, 0.6) is 0 Å². The van der Waals surface area contributed by atoms with Crippen LogP contribution in [0.3, 0.4) is 0 Å². The molecule has 0 aliphatic carbocycles. The largest absolute Gasteiger partial charge is 0.353 e. The molecule has 0 spiro atoms. The molecule has 0 amide bonds. The summed E-state index contributed by atoms with van der Waals surface area (Å²) < 4.78 is 1.88. The van der Waals surface area contributed by atoms with Crippen LogP contribution in [0.25, 0.3) is 4.96 Å². The lowest BCUT2D eigenvalue weighted by atomic mass is 9.96. The SMILES string of the molecule is CC(C)Cc1ccc(C(C)c2nnc3sc(Cc4ccccc4Nc4c(Cl)cccc4Cl)nn23)cc1. The molecule has 0 aliphatic heterocycles. The van der Waals surface area contributed by atoms with E-state index in [0.717, 1.165) is 33.5 Å². The van der Waals surface area contributed by atoms with Crippen molar-refractivity contribution in [3.05, 3.63) is 104 Å². The summed E-state index contributed by atoms with van der Waals surface area (Å²) in [6, 6.07) is 22.4. The van der Waals surface area contributed by atoms with Gasteiger partial charge in [0.25, 0.3) is 0 Å². The van der Waals surface area contributed by atoms with E-state index in [-0.39, 0.29) is 5.92 Å². The first-order chi connectivity index (χ1) is 17.4. The molecular formula is C28H27Cl2N5S. The lowest BCUT2D eigenvalue weighted by Crippen LogP contribution is -2.05. The van der Waals surface area contributed by atoms with E-state index in [4.69, 9.17) is 28.3 Å². The van der Waals surface area contributed by atoms with Crippen LogP contribution in [0.1, 0.15) is 54.2 Å². The third-order valence-corrected chi connectivity index (χ3v) is 7.68. The summed E-state index contributed by atoms with van der Waals surface area (Å²) in [6.45, 7) is 6.63. The van der Waals surface area contributed by atoms with Crippen LogP contribution in [-0.4, -0.2) is 19.8 Å². The molecule has 0 aliphatic rings. The number of hydrogen-bond donors (Lipinski definition) is 1. The lowest BCUT2D eigenvalue weighted by molar-refractivity contribution is 0.647. The van der Waals surface area contributed by atoms with Crippen molar-refractivity contribution in [2.24, 2.45) is 5.92 Å². The zero-order valence-corrected chi connectivity index (χ0v) is 22.7. The standard InChI is InChI=1S/C28H27Cl2N5S/c1-17(2)15-19-11-13-20(14-12-19)18(3)27-32-33-28-35(27)34-25(36-28)16-21-7-4-5-10-24(21)31-26-22(29)8-6-9-23(26)30/h4-14,17-18,31H,15-16H2,1-3H3. The molecule has 5 aromatic rings. The Balaban J connectivity index is 1.39. The second kappa shape index (κ2) is 10.6. The number of para-hydroxylation sites is 2. The lowest BCUT2D eigenvalue weighted by Gasteiger charge is -2.14. The zero-order chi connectivity index (χ0) is 25.2. The van der Waals surface area contributed by atoms with Gasteiger partial charge in [0.05, 0.1) is 15.7 Å². The number of nitrogens with one attached hydrogen (secondary N) is 1. The van der Waals surface area contributed by atoms with Gasteiger partial charge < -0.3 is 5.32 Å². The Morgan fingerprint density at radius 2 is 1.61 bits per heavy atom. The smallest absolute Gasteiger partial charge is 0.234 e. The molecule has 36 heavy (non-hydrogen) atoms. The molecule has 0 radical (unpaired) electrons. The Labute approximate surface area is 225 Å². The van der Waals surface area contributed by atoms with Crippen molar-refractivity contribution in [3.8, 4) is 0 Å². The van der Waals surface area contributed by atoms with Crippen LogP contribution in [-0.2, 0) is 12.8 Å². The molecule has 0 bridgehead atoms. The van der Waals surface area contributed by atoms with Gasteiger partial charge in [-0.3, -0.25) is 0 Å². The van der Waals surface area contributed by atoms with Crippen molar-refractivity contribution in [3.63, 3.8) is 0 Å². The van der Waals surface area contributed by atoms with Crippen molar-refractivity contribution in [2.45, 2.75) is 39.5 Å². The van der Waals surface area contributed by atoms with E-state index >= 15 is 0 Å².